The zero-order chi connectivity index (χ0) is 11.4. The Balaban J connectivity index is 1.88. The van der Waals surface area contributed by atoms with E-state index in [-0.39, 0.29) is 0 Å². The maximum absolute atomic E-state index is 5.83. The first-order valence-electron chi connectivity index (χ1n) is 5.72. The summed E-state index contributed by atoms with van der Waals surface area (Å²) in [5, 5.41) is 0. The van der Waals surface area contributed by atoms with Crippen molar-refractivity contribution >= 4 is 15.9 Å². The van der Waals surface area contributed by atoms with Gasteiger partial charge in [-0.3, -0.25) is 0 Å². The molecule has 0 N–H and O–H groups in total. The third-order valence-corrected chi connectivity index (χ3v) is 3.52. The Hall–Kier alpha value is -0.540. The normalized spacial score (nSPS) is 17.4. The molecule has 0 aromatic heterocycles. The molecule has 0 bridgehead atoms. The van der Waals surface area contributed by atoms with Gasteiger partial charge in [0.2, 0.25) is 0 Å². The second kappa shape index (κ2) is 5.69. The van der Waals surface area contributed by atoms with E-state index in [9.17, 15) is 0 Å². The van der Waals surface area contributed by atoms with Crippen molar-refractivity contribution in [1.29, 1.82) is 0 Å². The molecule has 1 aromatic rings. The lowest BCUT2D eigenvalue weighted by Gasteiger charge is -2.22. The van der Waals surface area contributed by atoms with Crippen molar-refractivity contribution in [3.8, 4) is 5.75 Å². The van der Waals surface area contributed by atoms with E-state index in [2.05, 4.69) is 35.0 Å². The molecule has 0 atom stereocenters. The summed E-state index contributed by atoms with van der Waals surface area (Å²) in [6.45, 7) is 4.63. The molecule has 2 rings (SSSR count). The van der Waals surface area contributed by atoms with Crippen LogP contribution in [0.5, 0.6) is 5.75 Å². The standard InChI is InChI=1S/C13H17BrO2/c1-10-2-3-13(12(14)8-10)16-9-11-4-6-15-7-5-11/h2-3,8,11H,4-7,9H2,1H3. The minimum absolute atomic E-state index is 0.641. The average Bonchev–Trinajstić information content (AvgIpc) is 2.29. The van der Waals surface area contributed by atoms with Crippen LogP contribution >= 0.6 is 15.9 Å². The Morgan fingerprint density at radius 1 is 1.38 bits per heavy atom. The van der Waals surface area contributed by atoms with E-state index < -0.39 is 0 Å². The van der Waals surface area contributed by atoms with E-state index in [4.69, 9.17) is 9.47 Å². The van der Waals surface area contributed by atoms with Gasteiger partial charge in [0.05, 0.1) is 11.1 Å². The molecule has 88 valence electrons. The van der Waals surface area contributed by atoms with Gasteiger partial charge in [0.1, 0.15) is 5.75 Å². The monoisotopic (exact) mass is 284 g/mol. The predicted molar refractivity (Wildman–Crippen MR) is 67.9 cm³/mol. The summed E-state index contributed by atoms with van der Waals surface area (Å²) in [5.74, 6) is 1.58. The summed E-state index contributed by atoms with van der Waals surface area (Å²) in [7, 11) is 0. The third-order valence-electron chi connectivity index (χ3n) is 2.90. The maximum atomic E-state index is 5.83. The Morgan fingerprint density at radius 3 is 2.81 bits per heavy atom. The number of hydrogen-bond donors (Lipinski definition) is 0. The minimum Gasteiger partial charge on any atom is -0.492 e. The number of ether oxygens (including phenoxy) is 2. The molecule has 1 saturated heterocycles. The Morgan fingerprint density at radius 2 is 2.12 bits per heavy atom. The molecule has 0 spiro atoms. The topological polar surface area (TPSA) is 18.5 Å². The lowest BCUT2D eigenvalue weighted by molar-refractivity contribution is 0.0496. The molecule has 1 aliphatic rings. The van der Waals surface area contributed by atoms with Crippen molar-refractivity contribution in [2.24, 2.45) is 5.92 Å². The van der Waals surface area contributed by atoms with Crippen LogP contribution in [-0.2, 0) is 4.74 Å². The van der Waals surface area contributed by atoms with Crippen molar-refractivity contribution in [1.82, 2.24) is 0 Å². The summed E-state index contributed by atoms with van der Waals surface area (Å²) in [5.41, 5.74) is 1.24. The Kier molecular flexibility index (Phi) is 4.24. The molecule has 0 radical (unpaired) electrons. The second-order valence-corrected chi connectivity index (χ2v) is 5.15. The van der Waals surface area contributed by atoms with Gasteiger partial charge in [-0.25, -0.2) is 0 Å². The van der Waals surface area contributed by atoms with Crippen molar-refractivity contribution in [2.75, 3.05) is 19.8 Å². The largest absolute Gasteiger partial charge is 0.492 e. The first-order chi connectivity index (χ1) is 7.75. The molecule has 0 amide bonds. The maximum Gasteiger partial charge on any atom is 0.133 e. The van der Waals surface area contributed by atoms with Crippen LogP contribution < -0.4 is 4.74 Å². The first kappa shape index (κ1) is 11.9. The van der Waals surface area contributed by atoms with Gasteiger partial charge in [-0.1, -0.05) is 6.07 Å². The SMILES string of the molecule is Cc1ccc(OCC2CCOCC2)c(Br)c1. The molecule has 0 aliphatic carbocycles. The highest BCUT2D eigenvalue weighted by Crippen LogP contribution is 2.27. The van der Waals surface area contributed by atoms with E-state index in [0.717, 1.165) is 42.9 Å². The third kappa shape index (κ3) is 3.22. The van der Waals surface area contributed by atoms with E-state index >= 15 is 0 Å². The van der Waals surface area contributed by atoms with E-state index in [1.807, 2.05) is 6.07 Å². The fourth-order valence-corrected chi connectivity index (χ4v) is 2.45. The fraction of sp³-hybridized carbons (Fsp3) is 0.538. The van der Waals surface area contributed by atoms with E-state index in [1.165, 1.54) is 5.56 Å². The molecule has 2 nitrogen and oxygen atoms in total. The fourth-order valence-electron chi connectivity index (χ4n) is 1.84. The molecular formula is C13H17BrO2. The smallest absolute Gasteiger partial charge is 0.133 e. The van der Waals surface area contributed by atoms with Gasteiger partial charge in [-0.2, -0.15) is 0 Å². The lowest BCUT2D eigenvalue weighted by Crippen LogP contribution is -2.21. The summed E-state index contributed by atoms with van der Waals surface area (Å²) < 4.78 is 12.2. The van der Waals surface area contributed by atoms with Crippen LogP contribution in [0.3, 0.4) is 0 Å². The van der Waals surface area contributed by atoms with Crippen molar-refractivity contribution in [3.63, 3.8) is 0 Å². The number of rotatable bonds is 3. The van der Waals surface area contributed by atoms with E-state index in [1.54, 1.807) is 0 Å². The van der Waals surface area contributed by atoms with Gasteiger partial charge in [0.15, 0.2) is 0 Å². The minimum atomic E-state index is 0.641. The van der Waals surface area contributed by atoms with Crippen molar-refractivity contribution < 1.29 is 9.47 Å². The summed E-state index contributed by atoms with van der Waals surface area (Å²) in [6, 6.07) is 6.18. The molecule has 1 fully saturated rings. The Bertz CT molecular complexity index is 346. The van der Waals surface area contributed by atoms with Crippen LogP contribution in [0.1, 0.15) is 18.4 Å². The van der Waals surface area contributed by atoms with Crippen LogP contribution in [0, 0.1) is 12.8 Å². The predicted octanol–water partition coefficient (Wildman–Crippen LogP) is 3.56. The first-order valence-corrected chi connectivity index (χ1v) is 6.51. The number of halogens is 1. The molecule has 1 aliphatic heterocycles. The van der Waals surface area contributed by atoms with Crippen molar-refractivity contribution in [2.45, 2.75) is 19.8 Å². The van der Waals surface area contributed by atoms with E-state index in [0.29, 0.717) is 5.92 Å². The van der Waals surface area contributed by atoms with Gasteiger partial charge < -0.3 is 9.47 Å². The number of aryl methyl sites for hydroxylation is 1. The van der Waals surface area contributed by atoms with Crippen LogP contribution in [0.15, 0.2) is 22.7 Å². The molecule has 0 saturated carbocycles. The molecule has 3 heteroatoms. The Labute approximate surface area is 105 Å². The summed E-state index contributed by atoms with van der Waals surface area (Å²) >= 11 is 3.52. The van der Waals surface area contributed by atoms with Crippen LogP contribution in [0.4, 0.5) is 0 Å². The van der Waals surface area contributed by atoms with Crippen LogP contribution in [0.25, 0.3) is 0 Å². The summed E-state index contributed by atoms with van der Waals surface area (Å²) in [4.78, 5) is 0. The van der Waals surface area contributed by atoms with Crippen LogP contribution in [-0.4, -0.2) is 19.8 Å². The number of benzene rings is 1. The van der Waals surface area contributed by atoms with Gasteiger partial charge >= 0.3 is 0 Å². The molecule has 1 aromatic carbocycles. The number of hydrogen-bond acceptors (Lipinski definition) is 2. The molecule has 0 unspecified atom stereocenters. The highest BCUT2D eigenvalue weighted by molar-refractivity contribution is 9.10. The van der Waals surface area contributed by atoms with Crippen LogP contribution in [0.2, 0.25) is 0 Å². The molecule has 16 heavy (non-hydrogen) atoms. The second-order valence-electron chi connectivity index (χ2n) is 4.30. The average molecular weight is 285 g/mol. The zero-order valence-electron chi connectivity index (χ0n) is 9.54. The highest BCUT2D eigenvalue weighted by atomic mass is 79.9. The summed E-state index contributed by atoms with van der Waals surface area (Å²) in [6.07, 6.45) is 2.23. The quantitative estimate of drug-likeness (QED) is 0.845. The zero-order valence-corrected chi connectivity index (χ0v) is 11.1. The van der Waals surface area contributed by atoms with Gasteiger partial charge in [0.25, 0.3) is 0 Å². The molecule has 1 heterocycles. The highest BCUT2D eigenvalue weighted by Gasteiger charge is 2.14. The lowest BCUT2D eigenvalue weighted by atomic mass is 10.0. The van der Waals surface area contributed by atoms with Gasteiger partial charge in [-0.15, -0.1) is 0 Å². The van der Waals surface area contributed by atoms with Gasteiger partial charge in [-0.05, 0) is 59.3 Å². The molecular weight excluding hydrogens is 268 g/mol. The van der Waals surface area contributed by atoms with Crippen molar-refractivity contribution in [3.05, 3.63) is 28.2 Å². The van der Waals surface area contributed by atoms with Gasteiger partial charge in [0, 0.05) is 13.2 Å².